The summed E-state index contributed by atoms with van der Waals surface area (Å²) in [6.07, 6.45) is 1.40. The Balaban J connectivity index is 2.74. The summed E-state index contributed by atoms with van der Waals surface area (Å²) in [6.45, 7) is 6.43. The first-order valence-corrected chi connectivity index (χ1v) is 5.68. The highest BCUT2D eigenvalue weighted by Gasteiger charge is 2.16. The quantitative estimate of drug-likeness (QED) is 0.909. The molecule has 16 heavy (non-hydrogen) atoms. The summed E-state index contributed by atoms with van der Waals surface area (Å²) in [5.41, 5.74) is -0.214. The fourth-order valence-corrected chi connectivity index (χ4v) is 1.31. The Labute approximate surface area is 103 Å². The third-order valence-electron chi connectivity index (χ3n) is 1.80. The predicted octanol–water partition coefficient (Wildman–Crippen LogP) is 2.76. The summed E-state index contributed by atoms with van der Waals surface area (Å²) in [6, 6.07) is 1.22. The number of nitrogens with one attached hydrogen (secondary N) is 1. The van der Waals surface area contributed by atoms with Crippen molar-refractivity contribution in [2.45, 2.75) is 20.8 Å². The van der Waals surface area contributed by atoms with Gasteiger partial charge in [-0.05, 0) is 27.4 Å². The first-order chi connectivity index (χ1) is 7.29. The van der Waals surface area contributed by atoms with Gasteiger partial charge in [-0.25, -0.2) is 9.37 Å². The van der Waals surface area contributed by atoms with Crippen LogP contribution in [0.2, 0.25) is 0 Å². The molecular formula is C11H14BrFN2O. The fraction of sp³-hybridized carbons (Fsp3) is 0.455. The molecule has 1 amide bonds. The monoisotopic (exact) mass is 288 g/mol. The van der Waals surface area contributed by atoms with Crippen molar-refractivity contribution in [3.63, 3.8) is 0 Å². The van der Waals surface area contributed by atoms with Crippen LogP contribution < -0.4 is 5.32 Å². The Morgan fingerprint density at radius 1 is 1.56 bits per heavy atom. The molecular weight excluding hydrogens is 275 g/mol. The standard InChI is InChI=1S/C11H14BrFN2O/c1-11(2,3)6-15-10(16)9-8(13)4-7(12)5-14-9/h4-5H,6H2,1-3H3,(H,15,16). The highest BCUT2D eigenvalue weighted by Crippen LogP contribution is 2.14. The lowest BCUT2D eigenvalue weighted by molar-refractivity contribution is 0.0929. The molecule has 5 heteroatoms. The number of amides is 1. The van der Waals surface area contributed by atoms with E-state index >= 15 is 0 Å². The van der Waals surface area contributed by atoms with Crippen LogP contribution in [0.4, 0.5) is 4.39 Å². The number of rotatable bonds is 2. The van der Waals surface area contributed by atoms with Crippen molar-refractivity contribution >= 4 is 21.8 Å². The summed E-state index contributed by atoms with van der Waals surface area (Å²) in [5, 5.41) is 2.64. The van der Waals surface area contributed by atoms with E-state index in [9.17, 15) is 9.18 Å². The molecule has 0 aromatic carbocycles. The van der Waals surface area contributed by atoms with Crippen molar-refractivity contribution in [1.29, 1.82) is 0 Å². The van der Waals surface area contributed by atoms with E-state index in [2.05, 4.69) is 26.2 Å². The zero-order valence-electron chi connectivity index (χ0n) is 9.47. The second kappa shape index (κ2) is 4.91. The van der Waals surface area contributed by atoms with E-state index < -0.39 is 11.7 Å². The maximum Gasteiger partial charge on any atom is 0.272 e. The van der Waals surface area contributed by atoms with Crippen LogP contribution in [0.1, 0.15) is 31.3 Å². The van der Waals surface area contributed by atoms with Crippen LogP contribution in [0.25, 0.3) is 0 Å². The number of hydrogen-bond donors (Lipinski definition) is 1. The van der Waals surface area contributed by atoms with Gasteiger partial charge in [-0.1, -0.05) is 20.8 Å². The van der Waals surface area contributed by atoms with Crippen LogP contribution >= 0.6 is 15.9 Å². The topological polar surface area (TPSA) is 42.0 Å². The summed E-state index contributed by atoms with van der Waals surface area (Å²) in [7, 11) is 0. The third-order valence-corrected chi connectivity index (χ3v) is 2.24. The molecule has 3 nitrogen and oxygen atoms in total. The highest BCUT2D eigenvalue weighted by molar-refractivity contribution is 9.10. The van der Waals surface area contributed by atoms with Crippen molar-refractivity contribution in [2.75, 3.05) is 6.54 Å². The Bertz CT molecular complexity index is 401. The summed E-state index contributed by atoms with van der Waals surface area (Å²) < 4.78 is 13.9. The van der Waals surface area contributed by atoms with E-state index in [0.717, 1.165) is 0 Å². The molecule has 0 saturated heterocycles. The molecule has 0 fully saturated rings. The van der Waals surface area contributed by atoms with Gasteiger partial charge in [0.2, 0.25) is 0 Å². The zero-order valence-corrected chi connectivity index (χ0v) is 11.1. The average Bonchev–Trinajstić information content (AvgIpc) is 2.13. The minimum Gasteiger partial charge on any atom is -0.350 e. The van der Waals surface area contributed by atoms with E-state index in [1.165, 1.54) is 12.3 Å². The number of carbonyl (C=O) groups is 1. The molecule has 0 saturated carbocycles. The van der Waals surface area contributed by atoms with E-state index in [-0.39, 0.29) is 11.1 Å². The van der Waals surface area contributed by atoms with Gasteiger partial charge >= 0.3 is 0 Å². The maximum atomic E-state index is 13.4. The molecule has 0 radical (unpaired) electrons. The van der Waals surface area contributed by atoms with Crippen LogP contribution in [-0.4, -0.2) is 17.4 Å². The minimum atomic E-state index is -0.624. The van der Waals surface area contributed by atoms with Gasteiger partial charge in [0.05, 0.1) is 0 Å². The Morgan fingerprint density at radius 2 is 2.19 bits per heavy atom. The summed E-state index contributed by atoms with van der Waals surface area (Å²) in [5.74, 6) is -1.11. The third kappa shape index (κ3) is 3.89. The molecule has 1 N–H and O–H groups in total. The zero-order chi connectivity index (χ0) is 12.3. The van der Waals surface area contributed by atoms with Crippen LogP contribution in [0.15, 0.2) is 16.7 Å². The van der Waals surface area contributed by atoms with Crippen LogP contribution in [0, 0.1) is 11.2 Å². The first kappa shape index (κ1) is 13.1. The lowest BCUT2D eigenvalue weighted by Crippen LogP contribution is -2.33. The van der Waals surface area contributed by atoms with Gasteiger partial charge in [0, 0.05) is 17.2 Å². The fourth-order valence-electron chi connectivity index (χ4n) is 1.01. The van der Waals surface area contributed by atoms with Crippen molar-refractivity contribution < 1.29 is 9.18 Å². The van der Waals surface area contributed by atoms with Crippen LogP contribution in [-0.2, 0) is 0 Å². The Hall–Kier alpha value is -0.970. The van der Waals surface area contributed by atoms with Gasteiger partial charge in [-0.3, -0.25) is 4.79 Å². The van der Waals surface area contributed by atoms with Gasteiger partial charge in [-0.15, -0.1) is 0 Å². The van der Waals surface area contributed by atoms with E-state index in [1.807, 2.05) is 20.8 Å². The van der Waals surface area contributed by atoms with E-state index in [0.29, 0.717) is 11.0 Å². The lowest BCUT2D eigenvalue weighted by atomic mass is 9.97. The van der Waals surface area contributed by atoms with Crippen molar-refractivity contribution in [3.8, 4) is 0 Å². The van der Waals surface area contributed by atoms with Crippen LogP contribution in [0.5, 0.6) is 0 Å². The molecule has 0 unspecified atom stereocenters. The largest absolute Gasteiger partial charge is 0.350 e. The molecule has 0 aliphatic heterocycles. The number of nitrogens with zero attached hydrogens (tertiary/aromatic N) is 1. The lowest BCUT2D eigenvalue weighted by Gasteiger charge is -2.18. The molecule has 1 aromatic rings. The molecule has 1 rings (SSSR count). The van der Waals surface area contributed by atoms with Gasteiger partial charge < -0.3 is 5.32 Å². The number of carbonyl (C=O) groups excluding carboxylic acids is 1. The Kier molecular flexibility index (Phi) is 4.02. The van der Waals surface area contributed by atoms with Gasteiger partial charge in [0.25, 0.3) is 5.91 Å². The van der Waals surface area contributed by atoms with Crippen molar-refractivity contribution in [2.24, 2.45) is 5.41 Å². The number of pyridine rings is 1. The minimum absolute atomic E-state index is 0.0402. The number of hydrogen-bond acceptors (Lipinski definition) is 2. The molecule has 0 aliphatic rings. The highest BCUT2D eigenvalue weighted by atomic mass is 79.9. The summed E-state index contributed by atoms with van der Waals surface area (Å²) in [4.78, 5) is 15.3. The van der Waals surface area contributed by atoms with Gasteiger partial charge in [0.15, 0.2) is 11.5 Å². The Morgan fingerprint density at radius 3 is 2.69 bits per heavy atom. The molecule has 88 valence electrons. The molecule has 0 spiro atoms. The molecule has 1 aromatic heterocycles. The number of aromatic nitrogens is 1. The summed E-state index contributed by atoms with van der Waals surface area (Å²) >= 11 is 3.08. The predicted molar refractivity (Wildman–Crippen MR) is 63.7 cm³/mol. The first-order valence-electron chi connectivity index (χ1n) is 4.89. The van der Waals surface area contributed by atoms with E-state index in [4.69, 9.17) is 0 Å². The molecule has 0 bridgehead atoms. The van der Waals surface area contributed by atoms with Crippen molar-refractivity contribution in [3.05, 3.63) is 28.2 Å². The van der Waals surface area contributed by atoms with Crippen molar-refractivity contribution in [1.82, 2.24) is 10.3 Å². The second-order valence-electron chi connectivity index (χ2n) is 4.73. The molecule has 1 heterocycles. The number of halogens is 2. The van der Waals surface area contributed by atoms with Gasteiger partial charge in [-0.2, -0.15) is 0 Å². The average molecular weight is 289 g/mol. The normalized spacial score (nSPS) is 11.3. The second-order valence-corrected chi connectivity index (χ2v) is 5.64. The maximum absolute atomic E-state index is 13.4. The SMILES string of the molecule is CC(C)(C)CNC(=O)c1ncc(Br)cc1F. The van der Waals surface area contributed by atoms with Crippen LogP contribution in [0.3, 0.4) is 0 Å². The van der Waals surface area contributed by atoms with E-state index in [1.54, 1.807) is 0 Å². The smallest absolute Gasteiger partial charge is 0.272 e. The molecule has 0 aliphatic carbocycles. The van der Waals surface area contributed by atoms with Gasteiger partial charge in [0.1, 0.15) is 0 Å². The molecule has 0 atom stereocenters.